The number of aliphatic hydroxyl groups is 1. The molecule has 0 aromatic carbocycles. The van der Waals surface area contributed by atoms with Crippen LogP contribution in [-0.2, 0) is 28.6 Å². The van der Waals surface area contributed by atoms with Crippen LogP contribution in [0.1, 0.15) is 93.2 Å². The number of carbonyl (C=O) groups is 3. The molecule has 2 saturated carbocycles. The van der Waals surface area contributed by atoms with Crippen LogP contribution in [0.4, 0.5) is 0 Å². The van der Waals surface area contributed by atoms with E-state index in [0.29, 0.717) is 18.4 Å². The molecule has 5 rings (SSSR count). The van der Waals surface area contributed by atoms with E-state index < -0.39 is 70.1 Å². The summed E-state index contributed by atoms with van der Waals surface area (Å²) in [7, 11) is 0. The molecule has 1 N–H and O–H groups in total. The number of aromatic nitrogens is 1. The van der Waals surface area contributed by atoms with Gasteiger partial charge in [0.2, 0.25) is 0 Å². The lowest BCUT2D eigenvalue weighted by atomic mass is 9.42. The molecule has 48 heavy (non-hydrogen) atoms. The molecule has 0 unspecified atom stereocenters. The molecular formula is C37H49NO10. The van der Waals surface area contributed by atoms with Gasteiger partial charge in [-0.15, -0.1) is 0 Å². The summed E-state index contributed by atoms with van der Waals surface area (Å²) in [6.45, 7) is 16.2. The zero-order chi connectivity index (χ0) is 35.3. The van der Waals surface area contributed by atoms with E-state index in [1.807, 2.05) is 20.8 Å². The van der Waals surface area contributed by atoms with E-state index in [-0.39, 0.29) is 47.9 Å². The Morgan fingerprint density at radius 3 is 2.19 bits per heavy atom. The summed E-state index contributed by atoms with van der Waals surface area (Å²) >= 11 is 0. The minimum absolute atomic E-state index is 0.0118. The molecule has 1 aliphatic heterocycles. The van der Waals surface area contributed by atoms with Gasteiger partial charge in [0.25, 0.3) is 0 Å². The third-order valence-corrected chi connectivity index (χ3v) is 11.0. The van der Waals surface area contributed by atoms with E-state index in [1.54, 1.807) is 72.1 Å². The van der Waals surface area contributed by atoms with Crippen LogP contribution in [0.5, 0.6) is 5.75 Å². The number of carbonyl (C=O) groups excluding carboxylic acids is 3. The molecule has 2 aromatic heterocycles. The van der Waals surface area contributed by atoms with E-state index in [9.17, 15) is 24.3 Å². The predicted molar refractivity (Wildman–Crippen MR) is 174 cm³/mol. The second-order valence-electron chi connectivity index (χ2n) is 15.4. The van der Waals surface area contributed by atoms with E-state index in [1.165, 1.54) is 0 Å². The molecule has 0 spiro atoms. The Hall–Kier alpha value is -3.73. The van der Waals surface area contributed by atoms with Gasteiger partial charge < -0.3 is 28.5 Å². The van der Waals surface area contributed by atoms with Gasteiger partial charge in [-0.25, -0.2) is 4.79 Å². The number of rotatable bonds is 8. The first-order valence-electron chi connectivity index (χ1n) is 17.0. The lowest BCUT2D eigenvalue weighted by Crippen LogP contribution is -2.71. The van der Waals surface area contributed by atoms with Crippen LogP contribution in [-0.4, -0.2) is 52.4 Å². The lowest BCUT2D eigenvalue weighted by Gasteiger charge is -2.66. The van der Waals surface area contributed by atoms with Crippen molar-refractivity contribution in [2.75, 3.05) is 6.61 Å². The maximum atomic E-state index is 13.6. The van der Waals surface area contributed by atoms with Gasteiger partial charge in [0.1, 0.15) is 41.5 Å². The van der Waals surface area contributed by atoms with Gasteiger partial charge in [-0.1, -0.05) is 55.4 Å². The maximum Gasteiger partial charge on any atom is 0.345 e. The van der Waals surface area contributed by atoms with Crippen LogP contribution in [0.25, 0.3) is 11.3 Å². The first-order chi connectivity index (χ1) is 22.4. The molecule has 2 fully saturated rings. The Labute approximate surface area is 281 Å². The van der Waals surface area contributed by atoms with Gasteiger partial charge in [-0.05, 0) is 49.7 Å². The van der Waals surface area contributed by atoms with Crippen LogP contribution in [0.2, 0.25) is 0 Å². The number of hydrogen-bond acceptors (Lipinski definition) is 11. The van der Waals surface area contributed by atoms with E-state index in [2.05, 4.69) is 4.98 Å². The average molecular weight is 668 g/mol. The van der Waals surface area contributed by atoms with Crippen molar-refractivity contribution in [2.45, 2.75) is 105 Å². The molecule has 11 nitrogen and oxygen atoms in total. The van der Waals surface area contributed by atoms with E-state index in [0.717, 1.165) is 0 Å². The highest BCUT2D eigenvalue weighted by molar-refractivity contribution is 5.73. The van der Waals surface area contributed by atoms with Crippen LogP contribution < -0.4 is 10.4 Å². The highest BCUT2D eigenvalue weighted by Crippen LogP contribution is 2.67. The number of hydrogen-bond donors (Lipinski definition) is 1. The van der Waals surface area contributed by atoms with Crippen LogP contribution in [0.3, 0.4) is 0 Å². The predicted octanol–water partition coefficient (Wildman–Crippen LogP) is 5.66. The summed E-state index contributed by atoms with van der Waals surface area (Å²) in [4.78, 5) is 56.8. The zero-order valence-corrected chi connectivity index (χ0v) is 29.4. The fourth-order valence-corrected chi connectivity index (χ4v) is 8.33. The number of ether oxygens (including phenoxy) is 4. The van der Waals surface area contributed by atoms with Crippen molar-refractivity contribution in [1.82, 2.24) is 4.98 Å². The van der Waals surface area contributed by atoms with Crippen molar-refractivity contribution in [1.29, 1.82) is 0 Å². The van der Waals surface area contributed by atoms with Crippen molar-refractivity contribution in [3.05, 3.63) is 46.6 Å². The number of fused-ring (bicyclic) bond motifs is 4. The molecule has 262 valence electrons. The van der Waals surface area contributed by atoms with Gasteiger partial charge in [0, 0.05) is 35.4 Å². The Bertz CT molecular complexity index is 1600. The minimum atomic E-state index is -1.36. The molecule has 3 heterocycles. The highest BCUT2D eigenvalue weighted by atomic mass is 16.6. The molecule has 0 amide bonds. The van der Waals surface area contributed by atoms with Gasteiger partial charge in [0.05, 0.1) is 23.9 Å². The van der Waals surface area contributed by atoms with Gasteiger partial charge in [-0.3, -0.25) is 19.4 Å². The number of aliphatic hydroxyl groups excluding tert-OH is 1. The molecule has 3 aliphatic rings. The van der Waals surface area contributed by atoms with Gasteiger partial charge in [-0.2, -0.15) is 0 Å². The molecule has 0 saturated heterocycles. The Balaban J connectivity index is 1.66. The smallest absolute Gasteiger partial charge is 0.345 e. The first-order valence-corrected chi connectivity index (χ1v) is 17.0. The van der Waals surface area contributed by atoms with Crippen LogP contribution in [0, 0.1) is 40.4 Å². The van der Waals surface area contributed by atoms with E-state index >= 15 is 0 Å². The van der Waals surface area contributed by atoms with Gasteiger partial charge >= 0.3 is 23.5 Å². The second-order valence-corrected chi connectivity index (χ2v) is 15.4. The fraction of sp³-hybridized carbons (Fsp3) is 0.649. The summed E-state index contributed by atoms with van der Waals surface area (Å²) in [6, 6.07) is 5.04. The molecule has 8 atom stereocenters. The quantitative estimate of drug-likeness (QED) is 0.274. The zero-order valence-electron chi connectivity index (χ0n) is 29.4. The molecule has 11 heteroatoms. The lowest BCUT2D eigenvalue weighted by molar-refractivity contribution is -0.272. The monoisotopic (exact) mass is 667 g/mol. The fourth-order valence-electron chi connectivity index (χ4n) is 8.33. The van der Waals surface area contributed by atoms with Crippen molar-refractivity contribution in [2.24, 2.45) is 40.4 Å². The standard InChI is InChI=1S/C37H49NO10/c1-19(2)31(40)44-18-36(8)25-16-27(47-33(42)21(5)6)37(9)30(35(25,7)13-12-26(36)46-32(41)20(3)4)29(39)28-24(48-37)15-23(45-34(28)43)22-11-10-14-38-17-22/h10-11,14-15,17,19-21,25-27,29-30,39H,12-13,16,18H2,1-9H3/t25-,26+,27+,29+,30-,35+,36+,37-/m1/s1. The second kappa shape index (κ2) is 12.9. The summed E-state index contributed by atoms with van der Waals surface area (Å²) in [5.74, 6) is -3.21. The van der Waals surface area contributed by atoms with E-state index in [4.69, 9.17) is 23.4 Å². The number of nitrogens with zero attached hydrogens (tertiary/aromatic N) is 1. The third kappa shape index (κ3) is 6.03. The molecule has 2 aliphatic carbocycles. The van der Waals surface area contributed by atoms with Crippen molar-refractivity contribution in [3.63, 3.8) is 0 Å². The maximum absolute atomic E-state index is 13.6. The largest absolute Gasteiger partial charge is 0.482 e. The number of pyridine rings is 1. The normalized spacial score (nSPS) is 32.5. The molecule has 0 bridgehead atoms. The summed E-state index contributed by atoms with van der Waals surface area (Å²) < 4.78 is 30.7. The minimum Gasteiger partial charge on any atom is -0.482 e. The third-order valence-electron chi connectivity index (χ3n) is 11.0. The van der Waals surface area contributed by atoms with Crippen molar-refractivity contribution >= 4 is 17.9 Å². The average Bonchev–Trinajstić information content (AvgIpc) is 3.02. The SMILES string of the molecule is CC(C)C(=O)OC[C@@]1(C)[C@@H]2C[C@H](OC(=O)C(C)C)[C@@]3(C)Oc4cc(-c5cccnc5)oc(=O)c4[C@H](O)[C@@H]3[C@@]2(C)CC[C@@H]1OC(=O)C(C)C. The Morgan fingerprint density at radius 2 is 1.60 bits per heavy atom. The van der Waals surface area contributed by atoms with Gasteiger partial charge in [0.15, 0.2) is 0 Å². The molecule has 0 radical (unpaired) electrons. The van der Waals surface area contributed by atoms with Crippen LogP contribution >= 0.6 is 0 Å². The van der Waals surface area contributed by atoms with Crippen molar-refractivity contribution < 1.29 is 42.9 Å². The topological polar surface area (TPSA) is 151 Å². The summed E-state index contributed by atoms with van der Waals surface area (Å²) in [6.07, 6.45) is 1.47. The van der Waals surface area contributed by atoms with Crippen LogP contribution in [0.15, 0.2) is 39.8 Å². The Kier molecular flexibility index (Phi) is 9.60. The number of esters is 3. The molecular weight excluding hydrogens is 618 g/mol. The Morgan fingerprint density at radius 1 is 0.979 bits per heavy atom. The molecule has 2 aromatic rings. The summed E-state index contributed by atoms with van der Waals surface area (Å²) in [5, 5.41) is 12.3. The highest BCUT2D eigenvalue weighted by Gasteiger charge is 2.71. The first kappa shape index (κ1) is 35.6. The summed E-state index contributed by atoms with van der Waals surface area (Å²) in [5.41, 5.74) is -3.18. The van der Waals surface area contributed by atoms with Crippen molar-refractivity contribution in [3.8, 4) is 17.1 Å².